The van der Waals surface area contributed by atoms with Gasteiger partial charge in [0.1, 0.15) is 79.3 Å². The summed E-state index contributed by atoms with van der Waals surface area (Å²) in [5.41, 5.74) is 2.02. The van der Waals surface area contributed by atoms with E-state index in [1.54, 1.807) is 24.3 Å². The van der Waals surface area contributed by atoms with Gasteiger partial charge in [0, 0.05) is 110 Å². The summed E-state index contributed by atoms with van der Waals surface area (Å²) in [5.74, 6) is -7.94. The van der Waals surface area contributed by atoms with Gasteiger partial charge in [-0.2, -0.15) is 0 Å². The van der Waals surface area contributed by atoms with Crippen LogP contribution in [0.4, 0.5) is 30.6 Å². The molecule has 3 rings (SSSR count). The molecule has 0 spiro atoms. The molecule has 2 fully saturated rings. The van der Waals surface area contributed by atoms with Crippen LogP contribution >= 0.6 is 0 Å². The normalized spacial score (nSPS) is 13.5. The summed E-state index contributed by atoms with van der Waals surface area (Å²) in [7, 11) is 0. The summed E-state index contributed by atoms with van der Waals surface area (Å²) < 4.78 is 58.5. The molecule has 1 aromatic carbocycles. The van der Waals surface area contributed by atoms with E-state index >= 15 is 0 Å². The number of carbonyl (C=O) groups is 20. The van der Waals surface area contributed by atoms with Crippen LogP contribution in [-0.2, 0) is 134 Å². The highest BCUT2D eigenvalue weighted by atomic mass is 16.6. The number of aliphatic carboxylic acids is 1. The van der Waals surface area contributed by atoms with Crippen LogP contribution in [0.5, 0.6) is 0 Å². The average molecular weight is 1950 g/mol. The molecule has 0 radical (unpaired) electrons. The van der Waals surface area contributed by atoms with Crippen molar-refractivity contribution in [1.82, 2.24) is 47.9 Å². The van der Waals surface area contributed by atoms with E-state index < -0.39 is 102 Å². The minimum Gasteiger partial charge on any atom is -0.481 e. The van der Waals surface area contributed by atoms with Crippen molar-refractivity contribution in [2.45, 2.75) is 239 Å². The molecule has 1 aromatic rings. The third-order valence-electron chi connectivity index (χ3n) is 18.7. The lowest BCUT2D eigenvalue weighted by molar-refractivity contribution is -0.150. The van der Waals surface area contributed by atoms with E-state index in [1.165, 1.54) is 66.9 Å². The Morgan fingerprint density at radius 1 is 0.290 bits per heavy atom. The molecule has 0 bridgehead atoms. The van der Waals surface area contributed by atoms with Gasteiger partial charge in [-0.05, 0) is 111 Å². The van der Waals surface area contributed by atoms with Crippen LogP contribution in [0.1, 0.15) is 215 Å². The number of para-hydroxylation sites is 2. The van der Waals surface area contributed by atoms with Gasteiger partial charge in [0.05, 0.1) is 49.1 Å². The standard InChI is InChI=1S/C28H42N2O10.C26H40N4O10.C26H34N4O10.C14H25NO3/c1-19(2)27(35)39-17-15-37-25(33)13-7-11-23(31)29-21-9-5-6-10-22(21)30-24(32)12-8-14-26(34)38-16-18-40-28(36)20(3)4;2*1-17(2)23(33)39-15-13-37-21(31)9-11-27-25(35)29-19-7-5-6-8-20(19)30-26(36)28-12-10-22(32)38-14-16-40-24(34)18(3)4;1-2-13(16)15-12-10-8-6-4-3-5-7-9-11-14(17)18/h21-22H,1,3,5-18H2,2,4H3,(H,29,31)(H,30,32);19-20H,1,3,5-16H2,2,4H3,(H2,27,29,35)(H2,28,30,36);5-8H,1,3,9-16H2,2,4H3,(H2,27,29,35)(H2,28,30,36);2H,1,3-12H2,(H,15,16)(H,17,18). The van der Waals surface area contributed by atoms with E-state index in [0.717, 1.165) is 77.2 Å². The zero-order chi connectivity index (χ0) is 103. The van der Waals surface area contributed by atoms with Gasteiger partial charge >= 0.3 is 102 Å². The fourth-order valence-corrected chi connectivity index (χ4v) is 11.5. The fourth-order valence-electron chi connectivity index (χ4n) is 11.5. The lowest BCUT2D eigenvalue weighted by Gasteiger charge is -2.33. The molecule has 4 atom stereocenters. The summed E-state index contributed by atoms with van der Waals surface area (Å²) in [6, 6.07) is 3.08. The maximum Gasteiger partial charge on any atom is 0.333 e. The van der Waals surface area contributed by atoms with Gasteiger partial charge in [-0.15, -0.1) is 0 Å². The molecule has 12 N–H and O–H groups in total. The van der Waals surface area contributed by atoms with Crippen LogP contribution in [0.3, 0.4) is 0 Å². The number of unbranched alkanes of at least 4 members (excludes halogenated alkanes) is 7. The van der Waals surface area contributed by atoms with Crippen LogP contribution in [0.15, 0.2) is 110 Å². The molecule has 0 saturated heterocycles. The maximum absolute atomic E-state index is 12.4. The van der Waals surface area contributed by atoms with Crippen molar-refractivity contribution < 1.29 is 158 Å². The van der Waals surface area contributed by atoms with Gasteiger partial charge in [-0.3, -0.25) is 47.9 Å². The number of carbonyl (C=O) groups excluding carboxylic acids is 19. The molecule has 770 valence electrons. The Hall–Kier alpha value is -14.0. The number of benzene rings is 1. The second kappa shape index (κ2) is 77.2. The molecule has 2 aliphatic rings. The van der Waals surface area contributed by atoms with Crippen molar-refractivity contribution in [3.63, 3.8) is 0 Å². The Morgan fingerprint density at radius 3 is 0.790 bits per heavy atom. The first kappa shape index (κ1) is 124. The highest BCUT2D eigenvalue weighted by molar-refractivity contribution is 5.99. The average Bonchev–Trinajstić information content (AvgIpc) is 0.877. The number of hydrogen-bond acceptors (Lipinski definition) is 32. The number of esters is 12. The molecule has 44 nitrogen and oxygen atoms in total. The first-order valence-electron chi connectivity index (χ1n) is 45.5. The van der Waals surface area contributed by atoms with Crippen molar-refractivity contribution in [1.29, 1.82) is 0 Å². The number of carboxylic acids is 1. The lowest BCUT2D eigenvalue weighted by atomic mass is 9.90. The van der Waals surface area contributed by atoms with Gasteiger partial charge in [-0.1, -0.05) is 122 Å². The third-order valence-corrected chi connectivity index (χ3v) is 18.7. The molecular weight excluding hydrogens is 1810 g/mol. The number of anilines is 2. The zero-order valence-corrected chi connectivity index (χ0v) is 80.3. The summed E-state index contributed by atoms with van der Waals surface area (Å²) in [6.07, 6.45) is 17.2. The number of hydrogen-bond donors (Lipinski definition) is 12. The van der Waals surface area contributed by atoms with Gasteiger partial charge in [-0.25, -0.2) is 47.9 Å². The number of carboxylic acid groups (broad SMARTS) is 1. The van der Waals surface area contributed by atoms with Crippen molar-refractivity contribution in [2.75, 3.05) is 123 Å². The van der Waals surface area contributed by atoms with Gasteiger partial charge < -0.3 is 120 Å². The third kappa shape index (κ3) is 68.9. The number of nitrogens with one attached hydrogen (secondary N) is 11. The Balaban J connectivity index is 0.00000187. The van der Waals surface area contributed by atoms with E-state index in [1.807, 2.05) is 0 Å². The molecule has 0 heterocycles. The van der Waals surface area contributed by atoms with Crippen LogP contribution in [0.2, 0.25) is 0 Å². The van der Waals surface area contributed by atoms with Crippen LogP contribution in [0, 0.1) is 0 Å². The monoisotopic (exact) mass is 1950 g/mol. The van der Waals surface area contributed by atoms with Crippen molar-refractivity contribution >= 4 is 131 Å². The Labute approximate surface area is 804 Å². The Kier molecular flexibility index (Phi) is 69.4. The van der Waals surface area contributed by atoms with Crippen LogP contribution in [0.25, 0.3) is 0 Å². The van der Waals surface area contributed by atoms with Crippen LogP contribution in [-0.4, -0.2) is 261 Å². The second-order valence-corrected chi connectivity index (χ2v) is 31.2. The van der Waals surface area contributed by atoms with Crippen LogP contribution < -0.4 is 58.5 Å². The predicted octanol–water partition coefficient (Wildman–Crippen LogP) is 8.12. The summed E-state index contributed by atoms with van der Waals surface area (Å²) in [5, 5.41) is 38.0. The summed E-state index contributed by atoms with van der Waals surface area (Å²) >= 11 is 0. The second-order valence-electron chi connectivity index (χ2n) is 31.2. The van der Waals surface area contributed by atoms with E-state index in [0.29, 0.717) is 32.1 Å². The molecule has 2 aliphatic carbocycles. The quantitative estimate of drug-likeness (QED) is 0.0127. The smallest absolute Gasteiger partial charge is 0.333 e. The Bertz CT molecular complexity index is 3820. The predicted molar refractivity (Wildman–Crippen MR) is 501 cm³/mol. The minimum absolute atomic E-state index is 0.0290. The molecule has 0 aliphatic heterocycles. The lowest BCUT2D eigenvalue weighted by Crippen LogP contribution is -2.56. The molecule has 44 heteroatoms. The highest BCUT2D eigenvalue weighted by Crippen LogP contribution is 2.23. The Morgan fingerprint density at radius 2 is 0.529 bits per heavy atom. The molecule has 138 heavy (non-hydrogen) atoms. The molecular formula is C94H141N11O33. The largest absolute Gasteiger partial charge is 0.481 e. The van der Waals surface area contributed by atoms with E-state index in [9.17, 15) is 95.9 Å². The topological polar surface area (TPSA) is 605 Å². The number of ether oxygens (including phenoxy) is 12. The van der Waals surface area contributed by atoms with Crippen molar-refractivity contribution in [2.24, 2.45) is 0 Å². The first-order valence-corrected chi connectivity index (χ1v) is 45.5. The number of amides is 11. The van der Waals surface area contributed by atoms with Crippen molar-refractivity contribution in [3.05, 3.63) is 110 Å². The summed E-state index contributed by atoms with van der Waals surface area (Å²) in [6.45, 7) is 32.7. The molecule has 2 saturated carbocycles. The highest BCUT2D eigenvalue weighted by Gasteiger charge is 2.30. The van der Waals surface area contributed by atoms with Gasteiger partial charge in [0.15, 0.2) is 0 Å². The molecule has 11 amide bonds. The van der Waals surface area contributed by atoms with Gasteiger partial charge in [0.25, 0.3) is 0 Å². The maximum atomic E-state index is 12.4. The van der Waals surface area contributed by atoms with E-state index in [2.05, 4.69) is 105 Å². The van der Waals surface area contributed by atoms with E-state index in [-0.39, 0.29) is 244 Å². The van der Waals surface area contributed by atoms with Crippen molar-refractivity contribution in [3.8, 4) is 0 Å². The summed E-state index contributed by atoms with van der Waals surface area (Å²) in [4.78, 5) is 233. The zero-order valence-electron chi connectivity index (χ0n) is 80.3. The number of urea groups is 4. The first-order chi connectivity index (χ1) is 65.6. The molecule has 0 aromatic heterocycles. The minimum atomic E-state index is -0.698. The fraction of sp³-hybridized carbons (Fsp3) is 0.574. The number of rotatable bonds is 62. The van der Waals surface area contributed by atoms with Gasteiger partial charge in [0.2, 0.25) is 17.7 Å². The van der Waals surface area contributed by atoms with E-state index in [4.69, 9.17) is 61.9 Å². The SMILES string of the molecule is C=C(C)C(=O)OCCOC(=O)CCCC(=O)NC1CCCCC1NC(=O)CCCC(=O)OCCOC(=O)C(=C)C.C=C(C)C(=O)OCCOC(=O)CCNC(=O)NC1CCCCC1NC(=O)NCCC(=O)OCCOC(=O)C(=C)C.C=C(C)C(=O)OCCOC(=O)CCNC(=O)Nc1ccccc1NC(=O)NCCC(=O)OCCOC(=O)C(=C)C.C=CC(=O)NCCCCCCCCCCC(=O)O. The molecule has 4 unspecified atom stereocenters.